The van der Waals surface area contributed by atoms with Crippen LogP contribution in [0.2, 0.25) is 0 Å². The van der Waals surface area contributed by atoms with Crippen molar-refractivity contribution in [3.05, 3.63) is 45.8 Å². The van der Waals surface area contributed by atoms with Crippen LogP contribution >= 0.6 is 11.6 Å². The van der Waals surface area contributed by atoms with Gasteiger partial charge in [-0.3, -0.25) is 10.1 Å². The van der Waals surface area contributed by atoms with Crippen LogP contribution in [0.15, 0.2) is 24.3 Å². The SMILES string of the molecule is N#C/C=C(\Cl)c1ccc(F)cc1[N+](=O)[O-]. The molecule has 0 spiro atoms. The summed E-state index contributed by atoms with van der Waals surface area (Å²) >= 11 is 5.62. The summed E-state index contributed by atoms with van der Waals surface area (Å²) in [7, 11) is 0. The Bertz CT molecular complexity index is 479. The molecule has 0 heterocycles. The molecular formula is C9H4ClFN2O2. The highest BCUT2D eigenvalue weighted by Gasteiger charge is 2.16. The molecule has 0 saturated carbocycles. The van der Waals surface area contributed by atoms with Gasteiger partial charge in [-0.05, 0) is 12.1 Å². The van der Waals surface area contributed by atoms with E-state index in [2.05, 4.69) is 0 Å². The van der Waals surface area contributed by atoms with E-state index in [0.29, 0.717) is 0 Å². The minimum atomic E-state index is -0.758. The van der Waals surface area contributed by atoms with Crippen LogP contribution in [0.3, 0.4) is 0 Å². The lowest BCUT2D eigenvalue weighted by Crippen LogP contribution is -1.94. The Kier molecular flexibility index (Phi) is 3.37. The lowest BCUT2D eigenvalue weighted by atomic mass is 10.1. The summed E-state index contributed by atoms with van der Waals surface area (Å²) in [5, 5.41) is 18.8. The van der Waals surface area contributed by atoms with Gasteiger partial charge in [0.15, 0.2) is 0 Å². The molecule has 1 rings (SSSR count). The topological polar surface area (TPSA) is 66.9 Å². The predicted molar refractivity (Wildman–Crippen MR) is 52.5 cm³/mol. The molecule has 0 aliphatic carbocycles. The van der Waals surface area contributed by atoms with E-state index in [1.807, 2.05) is 0 Å². The van der Waals surface area contributed by atoms with Crippen molar-refractivity contribution in [1.82, 2.24) is 0 Å². The number of allylic oxidation sites excluding steroid dienone is 1. The predicted octanol–water partition coefficient (Wildman–Crippen LogP) is 2.84. The molecule has 0 amide bonds. The van der Waals surface area contributed by atoms with Crippen molar-refractivity contribution in [3.8, 4) is 6.07 Å². The average Bonchev–Trinajstić information content (AvgIpc) is 2.17. The molecule has 0 aliphatic rings. The van der Waals surface area contributed by atoms with Crippen LogP contribution in [-0.2, 0) is 0 Å². The number of nitriles is 1. The normalized spacial score (nSPS) is 10.9. The molecule has 0 saturated heterocycles. The monoisotopic (exact) mass is 226 g/mol. The Morgan fingerprint density at radius 2 is 2.33 bits per heavy atom. The molecular weight excluding hydrogens is 223 g/mol. The molecule has 0 atom stereocenters. The number of nitro benzene ring substituents is 1. The Balaban J connectivity index is 3.37. The fourth-order valence-electron chi connectivity index (χ4n) is 0.992. The third-order valence-corrected chi connectivity index (χ3v) is 1.92. The average molecular weight is 227 g/mol. The van der Waals surface area contributed by atoms with Crippen LogP contribution in [0.4, 0.5) is 10.1 Å². The molecule has 0 fully saturated rings. The van der Waals surface area contributed by atoms with Gasteiger partial charge in [0, 0.05) is 6.08 Å². The third-order valence-electron chi connectivity index (χ3n) is 1.61. The lowest BCUT2D eigenvalue weighted by Gasteiger charge is -1.99. The van der Waals surface area contributed by atoms with Gasteiger partial charge in [0.1, 0.15) is 5.82 Å². The first-order valence-electron chi connectivity index (χ1n) is 3.76. The summed E-state index contributed by atoms with van der Waals surface area (Å²) in [4.78, 5) is 9.79. The van der Waals surface area contributed by atoms with Gasteiger partial charge in [0.05, 0.1) is 27.7 Å². The summed E-state index contributed by atoms with van der Waals surface area (Å²) in [6.45, 7) is 0. The second-order valence-electron chi connectivity index (χ2n) is 2.54. The van der Waals surface area contributed by atoms with Crippen molar-refractivity contribution in [2.45, 2.75) is 0 Å². The molecule has 15 heavy (non-hydrogen) atoms. The van der Waals surface area contributed by atoms with E-state index in [4.69, 9.17) is 16.9 Å². The Labute approximate surface area is 89.4 Å². The van der Waals surface area contributed by atoms with Gasteiger partial charge in [0.2, 0.25) is 0 Å². The van der Waals surface area contributed by atoms with Gasteiger partial charge < -0.3 is 0 Å². The van der Waals surface area contributed by atoms with E-state index in [0.717, 1.165) is 24.3 Å². The maximum Gasteiger partial charge on any atom is 0.281 e. The quantitative estimate of drug-likeness (QED) is 0.442. The summed E-state index contributed by atoms with van der Waals surface area (Å²) in [5.41, 5.74) is -0.448. The second kappa shape index (κ2) is 4.53. The first kappa shape index (κ1) is 11.1. The molecule has 0 bridgehead atoms. The highest BCUT2D eigenvalue weighted by molar-refractivity contribution is 6.49. The zero-order chi connectivity index (χ0) is 11.4. The minimum absolute atomic E-state index is 0.0182. The van der Waals surface area contributed by atoms with E-state index in [-0.39, 0.29) is 10.6 Å². The zero-order valence-electron chi connectivity index (χ0n) is 7.28. The van der Waals surface area contributed by atoms with Gasteiger partial charge in [0.25, 0.3) is 5.69 Å². The molecule has 0 radical (unpaired) electrons. The molecule has 0 aliphatic heterocycles. The molecule has 0 unspecified atom stereocenters. The van der Waals surface area contributed by atoms with E-state index in [1.165, 1.54) is 0 Å². The van der Waals surface area contributed by atoms with E-state index in [1.54, 1.807) is 6.07 Å². The summed E-state index contributed by atoms with van der Waals surface area (Å²) in [6.07, 6.45) is 0.946. The molecule has 1 aromatic rings. The molecule has 0 aromatic heterocycles. The number of nitrogens with zero attached hydrogens (tertiary/aromatic N) is 2. The van der Waals surface area contributed by atoms with Crippen LogP contribution in [0, 0.1) is 27.3 Å². The molecule has 1 aromatic carbocycles. The Hall–Kier alpha value is -1.93. The summed E-state index contributed by atoms with van der Waals surface area (Å²) < 4.78 is 12.7. The summed E-state index contributed by atoms with van der Waals surface area (Å²) in [6, 6.07) is 4.58. The van der Waals surface area contributed by atoms with Crippen LogP contribution in [-0.4, -0.2) is 4.92 Å². The van der Waals surface area contributed by atoms with Crippen molar-refractivity contribution in [2.75, 3.05) is 0 Å². The van der Waals surface area contributed by atoms with Crippen molar-refractivity contribution in [1.29, 1.82) is 5.26 Å². The van der Waals surface area contributed by atoms with Crippen LogP contribution in [0.1, 0.15) is 5.56 Å². The second-order valence-corrected chi connectivity index (χ2v) is 2.95. The maximum absolute atomic E-state index is 12.7. The van der Waals surface area contributed by atoms with E-state index in [9.17, 15) is 14.5 Å². The van der Waals surface area contributed by atoms with Crippen molar-refractivity contribution in [2.24, 2.45) is 0 Å². The summed E-state index contributed by atoms with van der Waals surface area (Å²) in [5.74, 6) is -0.730. The fraction of sp³-hybridized carbons (Fsp3) is 0. The number of halogens is 2. The molecule has 0 N–H and O–H groups in total. The van der Waals surface area contributed by atoms with Crippen LogP contribution in [0.25, 0.3) is 5.03 Å². The largest absolute Gasteiger partial charge is 0.281 e. The minimum Gasteiger partial charge on any atom is -0.258 e. The van der Waals surface area contributed by atoms with Crippen LogP contribution < -0.4 is 0 Å². The number of nitro groups is 1. The number of rotatable bonds is 2. The number of hydrogen-bond acceptors (Lipinski definition) is 3. The molecule has 4 nitrogen and oxygen atoms in total. The fourth-order valence-corrected chi connectivity index (χ4v) is 1.20. The number of hydrogen-bond donors (Lipinski definition) is 0. The van der Waals surface area contributed by atoms with Crippen LogP contribution in [0.5, 0.6) is 0 Å². The third kappa shape index (κ3) is 2.51. The van der Waals surface area contributed by atoms with Crippen molar-refractivity contribution < 1.29 is 9.31 Å². The zero-order valence-corrected chi connectivity index (χ0v) is 8.03. The van der Waals surface area contributed by atoms with Crippen molar-refractivity contribution in [3.63, 3.8) is 0 Å². The van der Waals surface area contributed by atoms with Gasteiger partial charge in [-0.1, -0.05) is 11.6 Å². The van der Waals surface area contributed by atoms with Gasteiger partial charge >= 0.3 is 0 Å². The smallest absolute Gasteiger partial charge is 0.258 e. The molecule has 6 heteroatoms. The molecule has 76 valence electrons. The number of benzene rings is 1. The van der Waals surface area contributed by atoms with Gasteiger partial charge in [-0.15, -0.1) is 0 Å². The standard InChI is InChI=1S/C9H4ClFN2O2/c10-8(3-4-12)7-2-1-6(11)5-9(7)13(14)15/h1-3,5H/b8-3-. The lowest BCUT2D eigenvalue weighted by molar-refractivity contribution is -0.385. The highest BCUT2D eigenvalue weighted by atomic mass is 35.5. The van der Waals surface area contributed by atoms with Gasteiger partial charge in [-0.2, -0.15) is 5.26 Å². The maximum atomic E-state index is 12.7. The van der Waals surface area contributed by atoms with Gasteiger partial charge in [-0.25, -0.2) is 4.39 Å². The first-order chi connectivity index (χ1) is 7.06. The first-order valence-corrected chi connectivity index (χ1v) is 4.13. The van der Waals surface area contributed by atoms with Crippen molar-refractivity contribution >= 4 is 22.3 Å². The van der Waals surface area contributed by atoms with E-state index >= 15 is 0 Å². The highest BCUT2D eigenvalue weighted by Crippen LogP contribution is 2.28. The Morgan fingerprint density at radius 3 is 2.87 bits per heavy atom. The Morgan fingerprint density at radius 1 is 1.67 bits per heavy atom. The van der Waals surface area contributed by atoms with E-state index < -0.39 is 16.4 Å².